The molecule has 3 aromatic rings. The molecule has 30 heavy (non-hydrogen) atoms. The number of nitrogens with one attached hydrogen (secondary N) is 1. The molecule has 0 radical (unpaired) electrons. The molecule has 0 aliphatic carbocycles. The highest BCUT2D eigenvalue weighted by molar-refractivity contribution is 5.95. The third-order valence-corrected chi connectivity index (χ3v) is 6.01. The molecule has 0 saturated carbocycles. The molecule has 1 saturated heterocycles. The highest BCUT2D eigenvalue weighted by Gasteiger charge is 2.27. The topological polar surface area (TPSA) is 54.6 Å². The molecule has 0 bridgehead atoms. The van der Waals surface area contributed by atoms with Crippen molar-refractivity contribution >= 4 is 16.8 Å². The Bertz CT molecular complexity index is 1060. The number of hydrogen-bond acceptors (Lipinski definition) is 3. The molecule has 5 heteroatoms. The Labute approximate surface area is 177 Å². The first kappa shape index (κ1) is 20.1. The first-order chi connectivity index (χ1) is 14.7. The molecule has 1 amide bonds. The maximum absolute atomic E-state index is 13.2. The largest absolute Gasteiger partial charge is 0.493 e. The van der Waals surface area contributed by atoms with Gasteiger partial charge in [-0.25, -0.2) is 0 Å². The number of likely N-dealkylation sites (tertiary alicyclic amines) is 1. The summed E-state index contributed by atoms with van der Waals surface area (Å²) in [5.74, 6) is 1.74. The van der Waals surface area contributed by atoms with Crippen LogP contribution in [-0.2, 0) is 6.42 Å². The third-order valence-electron chi connectivity index (χ3n) is 6.01. The number of H-pyrrole nitrogens is 1. The average molecular weight is 405 g/mol. The molecule has 0 unspecified atom stereocenters. The van der Waals surface area contributed by atoms with Gasteiger partial charge < -0.3 is 19.4 Å². The normalized spacial score (nSPS) is 14.7. The number of rotatable bonds is 6. The Morgan fingerprint density at radius 1 is 1.20 bits per heavy atom. The molecule has 1 N–H and O–H groups in total. The first-order valence-corrected chi connectivity index (χ1v) is 10.4. The number of benzene rings is 2. The molecule has 1 aliphatic heterocycles. The minimum Gasteiger partial charge on any atom is -0.493 e. The number of carbonyl (C=O) groups is 1. The van der Waals surface area contributed by atoms with Gasteiger partial charge in [-0.05, 0) is 48.9 Å². The molecular formula is C25H28N2O3. The van der Waals surface area contributed by atoms with Crippen LogP contribution in [0.25, 0.3) is 10.9 Å². The number of piperidine rings is 1. The van der Waals surface area contributed by atoms with E-state index in [0.29, 0.717) is 29.4 Å². The molecule has 5 nitrogen and oxygen atoms in total. The smallest absolute Gasteiger partial charge is 0.254 e. The summed E-state index contributed by atoms with van der Waals surface area (Å²) in [6.45, 7) is 5.30. The highest BCUT2D eigenvalue weighted by atomic mass is 16.5. The number of methoxy groups -OCH3 is 2. The molecule has 1 fully saturated rings. The molecule has 156 valence electrons. The Morgan fingerprint density at radius 3 is 2.67 bits per heavy atom. The van der Waals surface area contributed by atoms with Gasteiger partial charge in [0.15, 0.2) is 11.5 Å². The van der Waals surface area contributed by atoms with Crippen molar-refractivity contribution in [1.82, 2.24) is 9.88 Å². The molecule has 2 aromatic carbocycles. The second kappa shape index (κ2) is 8.66. The average Bonchev–Trinajstić information content (AvgIpc) is 3.22. The number of hydrogen-bond donors (Lipinski definition) is 1. The van der Waals surface area contributed by atoms with Crippen LogP contribution in [0.15, 0.2) is 55.3 Å². The fraction of sp³-hybridized carbons (Fsp3) is 0.320. The number of aromatic nitrogens is 1. The summed E-state index contributed by atoms with van der Waals surface area (Å²) < 4.78 is 11.0. The number of fused-ring (bicyclic) bond motifs is 1. The van der Waals surface area contributed by atoms with Crippen LogP contribution in [0.1, 0.15) is 40.2 Å². The summed E-state index contributed by atoms with van der Waals surface area (Å²) in [5.41, 5.74) is 4.07. The fourth-order valence-corrected chi connectivity index (χ4v) is 4.48. The molecule has 0 spiro atoms. The van der Waals surface area contributed by atoms with Gasteiger partial charge >= 0.3 is 0 Å². The van der Waals surface area contributed by atoms with Gasteiger partial charge in [-0.3, -0.25) is 4.79 Å². The molecule has 0 atom stereocenters. The molecule has 4 rings (SSSR count). The van der Waals surface area contributed by atoms with Crippen LogP contribution in [0.2, 0.25) is 0 Å². The van der Waals surface area contributed by atoms with E-state index in [1.807, 2.05) is 17.0 Å². The molecule has 1 aliphatic rings. The zero-order valence-electron chi connectivity index (χ0n) is 17.6. The van der Waals surface area contributed by atoms with E-state index >= 15 is 0 Å². The predicted molar refractivity (Wildman–Crippen MR) is 120 cm³/mol. The van der Waals surface area contributed by atoms with Crippen molar-refractivity contribution in [2.75, 3.05) is 27.3 Å². The van der Waals surface area contributed by atoms with Gasteiger partial charge in [-0.2, -0.15) is 0 Å². The van der Waals surface area contributed by atoms with Crippen molar-refractivity contribution in [2.45, 2.75) is 25.2 Å². The number of amides is 1. The van der Waals surface area contributed by atoms with Gasteiger partial charge in [0.1, 0.15) is 0 Å². The van der Waals surface area contributed by atoms with E-state index in [-0.39, 0.29) is 5.91 Å². The van der Waals surface area contributed by atoms with Crippen molar-refractivity contribution < 1.29 is 14.3 Å². The Hall–Kier alpha value is -3.21. The van der Waals surface area contributed by atoms with Gasteiger partial charge in [0.25, 0.3) is 5.91 Å². The van der Waals surface area contributed by atoms with Crippen LogP contribution in [0, 0.1) is 0 Å². The molecule has 1 aromatic heterocycles. The van der Waals surface area contributed by atoms with Crippen molar-refractivity contribution in [3.63, 3.8) is 0 Å². The summed E-state index contributed by atoms with van der Waals surface area (Å²) in [7, 11) is 3.21. The Kier molecular flexibility index (Phi) is 5.79. The standard InChI is InChI=1S/C25H28N2O3/c1-4-7-18-14-19(15-23(29-2)24(18)30-3)25(28)27-12-10-17(11-13-27)21-16-26-22-9-6-5-8-20(21)22/h4-6,8-9,14-17,26H,1,7,10-13H2,2-3H3. The number of nitrogens with zero attached hydrogens (tertiary/aromatic N) is 1. The number of para-hydroxylation sites is 1. The van der Waals surface area contributed by atoms with Crippen molar-refractivity contribution in [2.24, 2.45) is 0 Å². The van der Waals surface area contributed by atoms with Gasteiger partial charge in [0.2, 0.25) is 0 Å². The molecule has 2 heterocycles. The Balaban J connectivity index is 1.51. The zero-order valence-corrected chi connectivity index (χ0v) is 17.6. The monoisotopic (exact) mass is 404 g/mol. The Morgan fingerprint density at radius 2 is 1.97 bits per heavy atom. The minimum atomic E-state index is 0.0404. The summed E-state index contributed by atoms with van der Waals surface area (Å²) in [4.78, 5) is 18.5. The molecular weight excluding hydrogens is 376 g/mol. The lowest BCUT2D eigenvalue weighted by Crippen LogP contribution is -2.38. The SMILES string of the molecule is C=CCc1cc(C(=O)N2CCC(c3c[nH]c4ccccc34)CC2)cc(OC)c1OC. The number of allylic oxidation sites excluding steroid dienone is 1. The van der Waals surface area contributed by atoms with Gasteiger partial charge in [-0.15, -0.1) is 6.58 Å². The van der Waals surface area contributed by atoms with Crippen LogP contribution in [0.3, 0.4) is 0 Å². The van der Waals surface area contributed by atoms with Crippen molar-refractivity contribution in [1.29, 1.82) is 0 Å². The second-order valence-electron chi connectivity index (χ2n) is 7.72. The van der Waals surface area contributed by atoms with Crippen molar-refractivity contribution in [3.05, 3.63) is 71.9 Å². The van der Waals surface area contributed by atoms with Gasteiger partial charge in [-0.1, -0.05) is 24.3 Å². The third kappa shape index (κ3) is 3.67. The zero-order chi connectivity index (χ0) is 21.1. The quantitative estimate of drug-likeness (QED) is 0.593. The second-order valence-corrected chi connectivity index (χ2v) is 7.72. The lowest BCUT2D eigenvalue weighted by molar-refractivity contribution is 0.0712. The highest BCUT2D eigenvalue weighted by Crippen LogP contribution is 2.36. The number of aromatic amines is 1. The van der Waals surface area contributed by atoms with Crippen molar-refractivity contribution in [3.8, 4) is 11.5 Å². The fourth-order valence-electron chi connectivity index (χ4n) is 4.48. The van der Waals surface area contributed by atoms with Crippen LogP contribution in [0.4, 0.5) is 0 Å². The number of ether oxygens (including phenoxy) is 2. The summed E-state index contributed by atoms with van der Waals surface area (Å²) in [5, 5.41) is 1.29. The van der Waals surface area contributed by atoms with Crippen LogP contribution < -0.4 is 9.47 Å². The lowest BCUT2D eigenvalue weighted by atomic mass is 9.89. The predicted octanol–water partition coefficient (Wildman–Crippen LogP) is 4.93. The maximum Gasteiger partial charge on any atom is 0.254 e. The summed E-state index contributed by atoms with van der Waals surface area (Å²) in [6, 6.07) is 12.1. The van der Waals surface area contributed by atoms with E-state index in [2.05, 4.69) is 36.0 Å². The summed E-state index contributed by atoms with van der Waals surface area (Å²) >= 11 is 0. The van der Waals surface area contributed by atoms with E-state index in [1.54, 1.807) is 26.4 Å². The van der Waals surface area contributed by atoms with Gasteiger partial charge in [0.05, 0.1) is 14.2 Å². The van der Waals surface area contributed by atoms with E-state index in [4.69, 9.17) is 9.47 Å². The van der Waals surface area contributed by atoms with Crippen LogP contribution in [-0.4, -0.2) is 43.1 Å². The lowest BCUT2D eigenvalue weighted by Gasteiger charge is -2.32. The number of carbonyl (C=O) groups excluding carboxylic acids is 1. The van der Waals surface area contributed by atoms with E-state index in [0.717, 1.165) is 31.5 Å². The maximum atomic E-state index is 13.2. The first-order valence-electron chi connectivity index (χ1n) is 10.4. The van der Waals surface area contributed by atoms with Crippen LogP contribution in [0.5, 0.6) is 11.5 Å². The van der Waals surface area contributed by atoms with E-state index < -0.39 is 0 Å². The van der Waals surface area contributed by atoms with Gasteiger partial charge in [0, 0.05) is 41.3 Å². The minimum absolute atomic E-state index is 0.0404. The van der Waals surface area contributed by atoms with E-state index in [1.165, 1.54) is 16.5 Å². The summed E-state index contributed by atoms with van der Waals surface area (Å²) in [6.07, 6.45) is 6.46. The van der Waals surface area contributed by atoms with E-state index in [9.17, 15) is 4.79 Å². The van der Waals surface area contributed by atoms with Crippen LogP contribution >= 0.6 is 0 Å².